The van der Waals surface area contributed by atoms with Crippen LogP contribution in [0.25, 0.3) is 0 Å². The SMILES string of the molecule is CCN1CCCC1CNC(=O)NCC(C(=O)O)C(C)C. The second-order valence-electron chi connectivity index (χ2n) is 5.70. The van der Waals surface area contributed by atoms with E-state index in [0.29, 0.717) is 12.6 Å². The Hall–Kier alpha value is -1.30. The Morgan fingerprint density at radius 1 is 1.35 bits per heavy atom. The zero-order valence-corrected chi connectivity index (χ0v) is 12.7. The maximum Gasteiger partial charge on any atom is 0.314 e. The molecule has 116 valence electrons. The van der Waals surface area contributed by atoms with Crippen molar-refractivity contribution < 1.29 is 14.7 Å². The van der Waals surface area contributed by atoms with Gasteiger partial charge in [0.1, 0.15) is 0 Å². The third kappa shape index (κ3) is 5.00. The van der Waals surface area contributed by atoms with Crippen molar-refractivity contribution in [2.75, 3.05) is 26.2 Å². The minimum Gasteiger partial charge on any atom is -0.481 e. The first-order valence-electron chi connectivity index (χ1n) is 7.44. The zero-order valence-electron chi connectivity index (χ0n) is 12.7. The molecular weight excluding hydrogens is 258 g/mol. The van der Waals surface area contributed by atoms with E-state index in [0.717, 1.165) is 19.5 Å². The van der Waals surface area contributed by atoms with E-state index in [1.165, 1.54) is 6.42 Å². The van der Waals surface area contributed by atoms with Gasteiger partial charge in [0.2, 0.25) is 0 Å². The van der Waals surface area contributed by atoms with Crippen molar-refractivity contribution in [2.45, 2.75) is 39.7 Å². The number of hydrogen-bond donors (Lipinski definition) is 3. The number of likely N-dealkylation sites (N-methyl/N-ethyl adjacent to an activating group) is 1. The molecule has 20 heavy (non-hydrogen) atoms. The molecule has 0 aromatic rings. The van der Waals surface area contributed by atoms with E-state index in [1.54, 1.807) is 0 Å². The molecule has 0 bridgehead atoms. The number of nitrogens with one attached hydrogen (secondary N) is 2. The molecule has 6 nitrogen and oxygen atoms in total. The lowest BCUT2D eigenvalue weighted by Gasteiger charge is -2.23. The molecule has 2 atom stereocenters. The molecule has 0 aromatic carbocycles. The number of amides is 2. The number of likely N-dealkylation sites (tertiary alicyclic amines) is 1. The van der Waals surface area contributed by atoms with Crippen molar-refractivity contribution in [1.82, 2.24) is 15.5 Å². The molecule has 1 heterocycles. The highest BCUT2D eigenvalue weighted by molar-refractivity contribution is 5.75. The topological polar surface area (TPSA) is 81.7 Å². The van der Waals surface area contributed by atoms with Crippen LogP contribution in [-0.2, 0) is 4.79 Å². The van der Waals surface area contributed by atoms with E-state index in [4.69, 9.17) is 5.11 Å². The van der Waals surface area contributed by atoms with Gasteiger partial charge in [-0.3, -0.25) is 9.69 Å². The highest BCUT2D eigenvalue weighted by Crippen LogP contribution is 2.15. The summed E-state index contributed by atoms with van der Waals surface area (Å²) in [5.74, 6) is -1.41. The lowest BCUT2D eigenvalue weighted by Crippen LogP contribution is -2.46. The summed E-state index contributed by atoms with van der Waals surface area (Å²) in [6, 6.07) is 0.131. The van der Waals surface area contributed by atoms with E-state index in [2.05, 4.69) is 22.5 Å². The predicted octanol–water partition coefficient (Wildman–Crippen LogP) is 1.13. The fraction of sp³-hybridized carbons (Fsp3) is 0.857. The maximum absolute atomic E-state index is 11.7. The minimum atomic E-state index is -0.867. The number of carboxylic acid groups (broad SMARTS) is 1. The van der Waals surface area contributed by atoms with Crippen molar-refractivity contribution in [3.63, 3.8) is 0 Å². The summed E-state index contributed by atoms with van der Waals surface area (Å²) in [5, 5.41) is 14.5. The lowest BCUT2D eigenvalue weighted by molar-refractivity contribution is -0.142. The molecule has 0 radical (unpaired) electrons. The van der Waals surface area contributed by atoms with Crippen LogP contribution in [0.5, 0.6) is 0 Å². The summed E-state index contributed by atoms with van der Waals surface area (Å²) in [6.45, 7) is 8.70. The maximum atomic E-state index is 11.7. The Morgan fingerprint density at radius 2 is 2.05 bits per heavy atom. The molecule has 3 N–H and O–H groups in total. The van der Waals surface area contributed by atoms with E-state index < -0.39 is 11.9 Å². The van der Waals surface area contributed by atoms with Crippen LogP contribution < -0.4 is 10.6 Å². The Bertz CT molecular complexity index is 334. The first-order chi connectivity index (χ1) is 9.45. The fourth-order valence-corrected chi connectivity index (χ4v) is 2.63. The van der Waals surface area contributed by atoms with Crippen molar-refractivity contribution >= 4 is 12.0 Å². The summed E-state index contributed by atoms with van der Waals surface area (Å²) in [5.41, 5.74) is 0. The standard InChI is InChI=1S/C14H27N3O3/c1-4-17-7-5-6-11(17)8-15-14(20)16-9-12(10(2)3)13(18)19/h10-12H,4-9H2,1-3H3,(H,18,19)(H2,15,16,20). The average Bonchev–Trinajstić information content (AvgIpc) is 2.83. The number of aliphatic carboxylic acids is 1. The predicted molar refractivity (Wildman–Crippen MR) is 77.6 cm³/mol. The van der Waals surface area contributed by atoms with Crippen LogP contribution in [0.2, 0.25) is 0 Å². The third-order valence-corrected chi connectivity index (χ3v) is 4.01. The van der Waals surface area contributed by atoms with Gasteiger partial charge in [-0.15, -0.1) is 0 Å². The van der Waals surface area contributed by atoms with Crippen molar-refractivity contribution in [3.8, 4) is 0 Å². The Balaban J connectivity index is 2.28. The number of nitrogens with zero attached hydrogens (tertiary/aromatic N) is 1. The Kier molecular flexibility index (Phi) is 6.78. The van der Waals surface area contributed by atoms with Crippen LogP contribution >= 0.6 is 0 Å². The molecule has 6 heteroatoms. The van der Waals surface area contributed by atoms with Crippen LogP contribution in [0.3, 0.4) is 0 Å². The van der Waals surface area contributed by atoms with Gasteiger partial charge in [0.25, 0.3) is 0 Å². The Morgan fingerprint density at radius 3 is 2.60 bits per heavy atom. The van der Waals surface area contributed by atoms with Gasteiger partial charge < -0.3 is 15.7 Å². The second kappa shape index (κ2) is 8.09. The van der Waals surface area contributed by atoms with Crippen LogP contribution in [0.1, 0.15) is 33.6 Å². The number of carboxylic acids is 1. The van der Waals surface area contributed by atoms with E-state index >= 15 is 0 Å². The van der Waals surface area contributed by atoms with Gasteiger partial charge >= 0.3 is 12.0 Å². The first kappa shape index (κ1) is 16.8. The lowest BCUT2D eigenvalue weighted by atomic mass is 9.96. The molecule has 1 aliphatic rings. The van der Waals surface area contributed by atoms with Gasteiger partial charge in [-0.25, -0.2) is 4.79 Å². The summed E-state index contributed by atoms with van der Waals surface area (Å²) in [6.07, 6.45) is 2.29. The summed E-state index contributed by atoms with van der Waals surface area (Å²) >= 11 is 0. The van der Waals surface area contributed by atoms with Crippen molar-refractivity contribution in [2.24, 2.45) is 11.8 Å². The molecular formula is C14H27N3O3. The number of rotatable bonds is 7. The average molecular weight is 285 g/mol. The molecule has 1 aliphatic heterocycles. The van der Waals surface area contributed by atoms with E-state index in [9.17, 15) is 9.59 Å². The highest BCUT2D eigenvalue weighted by Gasteiger charge is 2.24. The van der Waals surface area contributed by atoms with E-state index in [-0.39, 0.29) is 18.5 Å². The quantitative estimate of drug-likeness (QED) is 0.655. The van der Waals surface area contributed by atoms with Gasteiger partial charge in [0, 0.05) is 19.1 Å². The number of carbonyl (C=O) groups is 2. The van der Waals surface area contributed by atoms with Crippen molar-refractivity contribution in [1.29, 1.82) is 0 Å². The van der Waals surface area contributed by atoms with Gasteiger partial charge in [-0.05, 0) is 31.8 Å². The van der Waals surface area contributed by atoms with E-state index in [1.807, 2.05) is 13.8 Å². The molecule has 0 aliphatic carbocycles. The number of carbonyl (C=O) groups excluding carboxylic acids is 1. The third-order valence-electron chi connectivity index (χ3n) is 4.01. The number of urea groups is 1. The van der Waals surface area contributed by atoms with Crippen LogP contribution in [0, 0.1) is 11.8 Å². The number of hydrogen-bond acceptors (Lipinski definition) is 3. The molecule has 2 amide bonds. The molecule has 0 spiro atoms. The molecule has 0 aromatic heterocycles. The monoisotopic (exact) mass is 285 g/mol. The molecule has 2 unspecified atom stereocenters. The van der Waals surface area contributed by atoms with Gasteiger partial charge in [-0.2, -0.15) is 0 Å². The van der Waals surface area contributed by atoms with Crippen molar-refractivity contribution in [3.05, 3.63) is 0 Å². The largest absolute Gasteiger partial charge is 0.481 e. The smallest absolute Gasteiger partial charge is 0.314 e. The molecule has 0 saturated carbocycles. The first-order valence-corrected chi connectivity index (χ1v) is 7.44. The Labute approximate surface area is 120 Å². The van der Waals surface area contributed by atoms with Crippen LogP contribution in [-0.4, -0.2) is 54.2 Å². The molecule has 1 saturated heterocycles. The zero-order chi connectivity index (χ0) is 15.1. The van der Waals surface area contributed by atoms with Crippen LogP contribution in [0.15, 0.2) is 0 Å². The van der Waals surface area contributed by atoms with Gasteiger partial charge in [0.05, 0.1) is 5.92 Å². The normalized spacial score (nSPS) is 20.9. The minimum absolute atomic E-state index is 0.00165. The second-order valence-corrected chi connectivity index (χ2v) is 5.70. The molecule has 1 rings (SSSR count). The highest BCUT2D eigenvalue weighted by atomic mass is 16.4. The molecule has 1 fully saturated rings. The fourth-order valence-electron chi connectivity index (χ4n) is 2.63. The summed E-state index contributed by atoms with van der Waals surface area (Å²) in [4.78, 5) is 25.1. The van der Waals surface area contributed by atoms with Gasteiger partial charge in [0.15, 0.2) is 0 Å². The summed E-state index contributed by atoms with van der Waals surface area (Å²) < 4.78 is 0. The van der Waals surface area contributed by atoms with Crippen LogP contribution in [0.4, 0.5) is 4.79 Å². The van der Waals surface area contributed by atoms with Gasteiger partial charge in [-0.1, -0.05) is 20.8 Å². The summed E-state index contributed by atoms with van der Waals surface area (Å²) in [7, 11) is 0.